The Morgan fingerprint density at radius 2 is 1.58 bits per heavy atom. The van der Waals surface area contributed by atoms with Crippen LogP contribution in [0.1, 0.15) is 23.2 Å². The fourth-order valence-electron chi connectivity index (χ4n) is 1.93. The van der Waals surface area contributed by atoms with Gasteiger partial charge in [-0.25, -0.2) is 0 Å². The highest BCUT2D eigenvalue weighted by atomic mass is 79.9. The summed E-state index contributed by atoms with van der Waals surface area (Å²) in [7, 11) is 0. The molecule has 2 rings (SSSR count). The van der Waals surface area contributed by atoms with E-state index in [0.29, 0.717) is 6.42 Å². The van der Waals surface area contributed by atoms with Crippen molar-refractivity contribution >= 4 is 21.9 Å². The molecule has 0 spiro atoms. The number of carboxylic acid groups (broad SMARTS) is 1. The molecule has 0 aliphatic heterocycles. The van der Waals surface area contributed by atoms with Gasteiger partial charge in [-0.1, -0.05) is 70.5 Å². The lowest BCUT2D eigenvalue weighted by atomic mass is 10.0. The van der Waals surface area contributed by atoms with Crippen LogP contribution in [0.5, 0.6) is 0 Å². The van der Waals surface area contributed by atoms with Crippen molar-refractivity contribution in [2.45, 2.75) is 17.7 Å². The highest BCUT2D eigenvalue weighted by Crippen LogP contribution is 2.29. The highest BCUT2D eigenvalue weighted by molar-refractivity contribution is 9.09. The van der Waals surface area contributed by atoms with Gasteiger partial charge in [0.25, 0.3) is 0 Å². The van der Waals surface area contributed by atoms with Crippen LogP contribution in [-0.4, -0.2) is 11.1 Å². The van der Waals surface area contributed by atoms with Crippen LogP contribution >= 0.6 is 15.9 Å². The second-order valence-electron chi connectivity index (χ2n) is 4.39. The molecular formula is C16H15BrO2. The average Bonchev–Trinajstić information content (AvgIpc) is 2.46. The number of benzene rings is 2. The summed E-state index contributed by atoms with van der Waals surface area (Å²) in [5.74, 6) is -0.759. The molecule has 0 heterocycles. The molecule has 2 nitrogen and oxygen atoms in total. The normalized spacial score (nSPS) is 12.1. The minimum absolute atomic E-state index is 0.0911. The van der Waals surface area contributed by atoms with Crippen molar-refractivity contribution in [2.75, 3.05) is 0 Å². The molecule has 0 saturated carbocycles. The Bertz CT molecular complexity index is 534. The number of hydrogen-bond acceptors (Lipinski definition) is 1. The minimum Gasteiger partial charge on any atom is -0.481 e. The van der Waals surface area contributed by atoms with Gasteiger partial charge in [-0.2, -0.15) is 0 Å². The van der Waals surface area contributed by atoms with Crippen molar-refractivity contribution in [1.29, 1.82) is 0 Å². The lowest BCUT2D eigenvalue weighted by molar-refractivity contribution is -0.137. The SMILES string of the molecule is O=C(O)CCC(Br)c1ccc(-c2ccccc2)cc1. The molecule has 2 aromatic carbocycles. The average molecular weight is 319 g/mol. The molecular weight excluding hydrogens is 304 g/mol. The van der Waals surface area contributed by atoms with Crippen LogP contribution in [0.4, 0.5) is 0 Å². The van der Waals surface area contributed by atoms with E-state index in [9.17, 15) is 4.79 Å². The molecule has 98 valence electrons. The quantitative estimate of drug-likeness (QED) is 0.814. The Morgan fingerprint density at radius 1 is 1.00 bits per heavy atom. The monoisotopic (exact) mass is 318 g/mol. The van der Waals surface area contributed by atoms with E-state index in [0.717, 1.165) is 5.56 Å². The van der Waals surface area contributed by atoms with Crippen molar-refractivity contribution < 1.29 is 9.90 Å². The van der Waals surface area contributed by atoms with E-state index in [1.807, 2.05) is 30.3 Å². The molecule has 19 heavy (non-hydrogen) atoms. The molecule has 3 heteroatoms. The van der Waals surface area contributed by atoms with Gasteiger partial charge in [0.2, 0.25) is 0 Å². The van der Waals surface area contributed by atoms with Crippen LogP contribution in [0.15, 0.2) is 54.6 Å². The smallest absolute Gasteiger partial charge is 0.303 e. The second kappa shape index (κ2) is 6.53. The molecule has 0 saturated heterocycles. The van der Waals surface area contributed by atoms with Crippen molar-refractivity contribution in [2.24, 2.45) is 0 Å². The summed E-state index contributed by atoms with van der Waals surface area (Å²) in [6.45, 7) is 0. The van der Waals surface area contributed by atoms with Crippen LogP contribution in [0.3, 0.4) is 0 Å². The molecule has 0 amide bonds. The zero-order chi connectivity index (χ0) is 13.7. The van der Waals surface area contributed by atoms with Crippen LogP contribution in [0, 0.1) is 0 Å². The third kappa shape index (κ3) is 3.93. The maximum atomic E-state index is 10.6. The third-order valence-corrected chi connectivity index (χ3v) is 3.98. The third-order valence-electron chi connectivity index (χ3n) is 2.99. The van der Waals surface area contributed by atoms with E-state index in [2.05, 4.69) is 40.2 Å². The lowest BCUT2D eigenvalue weighted by Gasteiger charge is -2.10. The summed E-state index contributed by atoms with van der Waals surface area (Å²) in [5.41, 5.74) is 3.47. The number of aliphatic carboxylic acids is 1. The topological polar surface area (TPSA) is 37.3 Å². The van der Waals surface area contributed by atoms with Gasteiger partial charge in [0.1, 0.15) is 0 Å². The molecule has 1 unspecified atom stereocenters. The molecule has 0 fully saturated rings. The lowest BCUT2D eigenvalue weighted by Crippen LogP contribution is -1.98. The Labute approximate surface area is 121 Å². The van der Waals surface area contributed by atoms with Crippen molar-refractivity contribution in [3.05, 3.63) is 60.2 Å². The zero-order valence-corrected chi connectivity index (χ0v) is 12.0. The number of alkyl halides is 1. The summed E-state index contributed by atoms with van der Waals surface area (Å²) < 4.78 is 0. The van der Waals surface area contributed by atoms with Crippen molar-refractivity contribution in [1.82, 2.24) is 0 Å². The molecule has 0 aromatic heterocycles. The molecule has 2 aromatic rings. The van der Waals surface area contributed by atoms with E-state index >= 15 is 0 Å². The van der Waals surface area contributed by atoms with Crippen LogP contribution < -0.4 is 0 Å². The summed E-state index contributed by atoms with van der Waals surface area (Å²) in [4.78, 5) is 10.6. The Balaban J connectivity index is 2.08. The van der Waals surface area contributed by atoms with E-state index < -0.39 is 5.97 Å². The fraction of sp³-hybridized carbons (Fsp3) is 0.188. The van der Waals surface area contributed by atoms with Gasteiger partial charge in [0.05, 0.1) is 0 Å². The fourth-order valence-corrected chi connectivity index (χ4v) is 2.47. The van der Waals surface area contributed by atoms with Gasteiger partial charge in [0, 0.05) is 11.2 Å². The van der Waals surface area contributed by atoms with E-state index in [-0.39, 0.29) is 11.2 Å². The largest absolute Gasteiger partial charge is 0.481 e. The van der Waals surface area contributed by atoms with Crippen LogP contribution in [-0.2, 0) is 4.79 Å². The predicted molar refractivity (Wildman–Crippen MR) is 80.4 cm³/mol. The number of hydrogen-bond donors (Lipinski definition) is 1. The van der Waals surface area contributed by atoms with Gasteiger partial charge in [-0.05, 0) is 23.1 Å². The zero-order valence-electron chi connectivity index (χ0n) is 10.4. The highest BCUT2D eigenvalue weighted by Gasteiger charge is 2.09. The van der Waals surface area contributed by atoms with Gasteiger partial charge >= 0.3 is 5.97 Å². The first kappa shape index (κ1) is 13.8. The number of rotatable bonds is 5. The van der Waals surface area contributed by atoms with Gasteiger partial charge in [0.15, 0.2) is 0 Å². The summed E-state index contributed by atoms with van der Waals surface area (Å²) in [6, 6.07) is 18.4. The Kier molecular flexibility index (Phi) is 4.74. The first-order valence-corrected chi connectivity index (χ1v) is 7.09. The summed E-state index contributed by atoms with van der Waals surface area (Å²) in [6.07, 6.45) is 0.774. The molecule has 0 aliphatic carbocycles. The summed E-state index contributed by atoms with van der Waals surface area (Å²) >= 11 is 3.53. The van der Waals surface area contributed by atoms with Crippen LogP contribution in [0.2, 0.25) is 0 Å². The molecule has 1 N–H and O–H groups in total. The minimum atomic E-state index is -0.759. The molecule has 1 atom stereocenters. The maximum absolute atomic E-state index is 10.6. The predicted octanol–water partition coefficient (Wildman–Crippen LogP) is 4.65. The number of carboxylic acids is 1. The molecule has 0 bridgehead atoms. The number of halogens is 1. The number of carbonyl (C=O) groups is 1. The van der Waals surface area contributed by atoms with Gasteiger partial charge in [-0.15, -0.1) is 0 Å². The Morgan fingerprint density at radius 3 is 2.16 bits per heavy atom. The summed E-state index contributed by atoms with van der Waals surface area (Å²) in [5, 5.41) is 8.68. The van der Waals surface area contributed by atoms with Crippen LogP contribution in [0.25, 0.3) is 11.1 Å². The van der Waals surface area contributed by atoms with Gasteiger partial charge < -0.3 is 5.11 Å². The van der Waals surface area contributed by atoms with E-state index in [1.165, 1.54) is 11.1 Å². The first-order valence-electron chi connectivity index (χ1n) is 6.18. The van der Waals surface area contributed by atoms with Crippen molar-refractivity contribution in [3.8, 4) is 11.1 Å². The van der Waals surface area contributed by atoms with E-state index in [4.69, 9.17) is 5.11 Å². The standard InChI is InChI=1S/C16H15BrO2/c17-15(10-11-16(18)19)14-8-6-13(7-9-14)12-4-2-1-3-5-12/h1-9,15H,10-11H2,(H,18,19). The Hall–Kier alpha value is -1.61. The van der Waals surface area contributed by atoms with Gasteiger partial charge in [-0.3, -0.25) is 4.79 Å². The maximum Gasteiger partial charge on any atom is 0.303 e. The molecule has 0 aliphatic rings. The first-order chi connectivity index (χ1) is 9.16. The van der Waals surface area contributed by atoms with E-state index in [1.54, 1.807) is 0 Å². The van der Waals surface area contributed by atoms with Crippen molar-refractivity contribution in [3.63, 3.8) is 0 Å². The molecule has 0 radical (unpaired) electrons. The second-order valence-corrected chi connectivity index (χ2v) is 5.49.